The molecule has 1 amide bonds. The van der Waals surface area contributed by atoms with Gasteiger partial charge in [-0.3, -0.25) is 14.4 Å². The lowest BCUT2D eigenvalue weighted by Gasteiger charge is -2.35. The highest BCUT2D eigenvalue weighted by molar-refractivity contribution is 5.93. The third-order valence-electron chi connectivity index (χ3n) is 7.90. The van der Waals surface area contributed by atoms with E-state index in [1.165, 1.54) is 12.8 Å². The van der Waals surface area contributed by atoms with Gasteiger partial charge in [-0.15, -0.1) is 0 Å². The maximum atomic E-state index is 13.9. The second-order valence-corrected chi connectivity index (χ2v) is 12.6. The predicted molar refractivity (Wildman–Crippen MR) is 139 cm³/mol. The van der Waals surface area contributed by atoms with Crippen molar-refractivity contribution in [3.8, 4) is 0 Å². The molecule has 1 heterocycles. The van der Waals surface area contributed by atoms with Crippen molar-refractivity contribution in [2.75, 3.05) is 13.2 Å². The summed E-state index contributed by atoms with van der Waals surface area (Å²) in [4.78, 5) is 52.8. The van der Waals surface area contributed by atoms with Gasteiger partial charge in [-0.05, 0) is 51.4 Å². The van der Waals surface area contributed by atoms with Crippen molar-refractivity contribution >= 4 is 23.9 Å². The number of amides is 1. The summed E-state index contributed by atoms with van der Waals surface area (Å²) in [5.41, 5.74) is -0.667. The molecular weight excluding hydrogens is 458 g/mol. The molecule has 36 heavy (non-hydrogen) atoms. The number of carbonyl (C=O) groups excluding carboxylic acids is 4. The maximum absolute atomic E-state index is 13.9. The largest absolute Gasteiger partial charge is 0.460 e. The summed E-state index contributed by atoms with van der Waals surface area (Å²) in [6.07, 6.45) is 5.84. The molecular formula is C29H49NO6. The molecule has 7 nitrogen and oxygen atoms in total. The average molecular weight is 508 g/mol. The van der Waals surface area contributed by atoms with Crippen LogP contribution < -0.4 is 0 Å². The first kappa shape index (κ1) is 30.5. The summed E-state index contributed by atoms with van der Waals surface area (Å²) in [5.74, 6) is -1.51. The van der Waals surface area contributed by atoms with Gasteiger partial charge in [0.2, 0.25) is 5.91 Å². The van der Waals surface area contributed by atoms with E-state index in [1.807, 2.05) is 6.92 Å². The molecule has 0 spiro atoms. The van der Waals surface area contributed by atoms with Gasteiger partial charge in [0.25, 0.3) is 0 Å². The van der Waals surface area contributed by atoms with Gasteiger partial charge in [0.1, 0.15) is 11.9 Å². The van der Waals surface area contributed by atoms with Crippen LogP contribution in [0.2, 0.25) is 0 Å². The third kappa shape index (κ3) is 7.87. The Labute approximate surface area is 218 Å². The van der Waals surface area contributed by atoms with Gasteiger partial charge in [-0.25, -0.2) is 0 Å². The second kappa shape index (κ2) is 12.7. The Kier molecular flexibility index (Phi) is 10.7. The molecule has 2 fully saturated rings. The quantitative estimate of drug-likeness (QED) is 0.176. The number of hydrogen-bond acceptors (Lipinski definition) is 6. The van der Waals surface area contributed by atoms with Crippen LogP contribution in [0.25, 0.3) is 0 Å². The lowest BCUT2D eigenvalue weighted by Crippen LogP contribution is -2.50. The molecule has 0 unspecified atom stereocenters. The van der Waals surface area contributed by atoms with E-state index in [0.29, 0.717) is 13.2 Å². The number of esters is 1. The molecule has 0 N–H and O–H groups in total. The Balaban J connectivity index is 2.18. The summed E-state index contributed by atoms with van der Waals surface area (Å²) in [5, 5.41) is 0. The minimum absolute atomic E-state index is 0.0111. The number of carbonyl (C=O) groups is 4. The molecule has 0 aromatic carbocycles. The molecule has 0 radical (unpaired) electrons. The van der Waals surface area contributed by atoms with E-state index >= 15 is 0 Å². The zero-order valence-corrected chi connectivity index (χ0v) is 23.8. The number of ether oxygens (including phenoxy) is 2. The summed E-state index contributed by atoms with van der Waals surface area (Å²) in [7, 11) is 0. The zero-order chi connectivity index (χ0) is 27.3. The van der Waals surface area contributed by atoms with Crippen molar-refractivity contribution in [1.29, 1.82) is 0 Å². The topological polar surface area (TPSA) is 90.0 Å². The lowest BCUT2D eigenvalue weighted by atomic mass is 9.91. The van der Waals surface area contributed by atoms with Crippen molar-refractivity contribution in [3.63, 3.8) is 0 Å². The van der Waals surface area contributed by atoms with Gasteiger partial charge in [0.15, 0.2) is 5.78 Å². The SMILES string of the molecule is CCCCCCCO[C@@H](C)[C@H](CC(=O)OC(C)(C)C)C(=O)N1C[C@H]2[C@@H]([C@H]1C(=O)C[C@@H](C)C=O)C2(C)C. The van der Waals surface area contributed by atoms with E-state index in [1.54, 1.807) is 32.6 Å². The van der Waals surface area contributed by atoms with Crippen LogP contribution in [0.5, 0.6) is 0 Å². The van der Waals surface area contributed by atoms with Gasteiger partial charge >= 0.3 is 5.97 Å². The molecule has 1 saturated carbocycles. The van der Waals surface area contributed by atoms with Crippen LogP contribution in [0.1, 0.15) is 100 Å². The molecule has 0 bridgehead atoms. The zero-order valence-electron chi connectivity index (χ0n) is 23.8. The van der Waals surface area contributed by atoms with E-state index in [-0.39, 0.29) is 47.7 Å². The lowest BCUT2D eigenvalue weighted by molar-refractivity contribution is -0.162. The fourth-order valence-electron chi connectivity index (χ4n) is 5.69. The Bertz CT molecular complexity index is 785. The van der Waals surface area contributed by atoms with Gasteiger partial charge < -0.3 is 19.2 Å². The van der Waals surface area contributed by atoms with Crippen molar-refractivity contribution in [2.24, 2.45) is 29.1 Å². The number of unbranched alkanes of at least 4 members (excludes halogenated alkanes) is 4. The van der Waals surface area contributed by atoms with Crippen molar-refractivity contribution < 1.29 is 28.7 Å². The van der Waals surface area contributed by atoms with Gasteiger partial charge in [-0.1, -0.05) is 53.4 Å². The van der Waals surface area contributed by atoms with Crippen molar-refractivity contribution in [2.45, 2.75) is 118 Å². The minimum atomic E-state index is -0.727. The molecule has 2 aliphatic rings. The smallest absolute Gasteiger partial charge is 0.307 e. The minimum Gasteiger partial charge on any atom is -0.460 e. The van der Waals surface area contributed by atoms with E-state index in [2.05, 4.69) is 20.8 Å². The Morgan fingerprint density at radius 3 is 2.28 bits per heavy atom. The summed E-state index contributed by atoms with van der Waals surface area (Å²) >= 11 is 0. The van der Waals surface area contributed by atoms with Crippen LogP contribution in [-0.4, -0.2) is 59.7 Å². The molecule has 1 saturated heterocycles. The first-order chi connectivity index (χ1) is 16.7. The Hall–Kier alpha value is -1.76. The summed E-state index contributed by atoms with van der Waals surface area (Å²) in [6.45, 7) is 16.4. The van der Waals surface area contributed by atoms with Crippen LogP contribution in [0.15, 0.2) is 0 Å². The molecule has 7 heteroatoms. The molecule has 2 rings (SSSR count). The first-order valence-electron chi connectivity index (χ1n) is 13.9. The molecule has 0 aromatic rings. The molecule has 1 aliphatic heterocycles. The van der Waals surface area contributed by atoms with E-state index < -0.39 is 29.6 Å². The molecule has 1 aliphatic carbocycles. The molecule has 6 atom stereocenters. The third-order valence-corrected chi connectivity index (χ3v) is 7.90. The summed E-state index contributed by atoms with van der Waals surface area (Å²) < 4.78 is 11.6. The molecule has 0 aromatic heterocycles. The number of nitrogens with zero attached hydrogens (tertiary/aromatic N) is 1. The Morgan fingerprint density at radius 2 is 1.69 bits per heavy atom. The van der Waals surface area contributed by atoms with E-state index in [0.717, 1.165) is 25.5 Å². The number of likely N-dealkylation sites (tertiary alicyclic amines) is 1. The maximum Gasteiger partial charge on any atom is 0.307 e. The number of piperidine rings is 1. The fourth-order valence-corrected chi connectivity index (χ4v) is 5.69. The highest BCUT2D eigenvalue weighted by Gasteiger charge is 2.69. The average Bonchev–Trinajstić information content (AvgIpc) is 3.10. The van der Waals surface area contributed by atoms with Crippen LogP contribution >= 0.6 is 0 Å². The number of hydrogen-bond donors (Lipinski definition) is 0. The predicted octanol–water partition coefficient (Wildman–Crippen LogP) is 4.99. The number of ketones is 1. The van der Waals surface area contributed by atoms with Crippen LogP contribution in [0.3, 0.4) is 0 Å². The standard InChI is InChI=1S/C29H49NO6/c1-9-10-11-12-13-14-35-20(3)21(16-24(33)36-28(4,5)6)27(34)30-17-22-25(29(22,7)8)26(30)23(32)15-19(2)18-31/h18-22,25-26H,9-17H2,1-8H3/t19-,20+,21+,22+,25+,26-/m1/s1. The Morgan fingerprint density at radius 1 is 1.06 bits per heavy atom. The van der Waals surface area contributed by atoms with Gasteiger partial charge in [0, 0.05) is 25.5 Å². The second-order valence-electron chi connectivity index (χ2n) is 12.6. The van der Waals surface area contributed by atoms with Crippen LogP contribution in [0.4, 0.5) is 0 Å². The van der Waals surface area contributed by atoms with Crippen LogP contribution in [0, 0.1) is 29.1 Å². The number of fused-ring (bicyclic) bond motifs is 1. The van der Waals surface area contributed by atoms with E-state index in [4.69, 9.17) is 9.47 Å². The highest BCUT2D eigenvalue weighted by atomic mass is 16.6. The first-order valence-corrected chi connectivity index (χ1v) is 13.9. The van der Waals surface area contributed by atoms with Crippen molar-refractivity contribution in [1.82, 2.24) is 4.90 Å². The fraction of sp³-hybridized carbons (Fsp3) is 0.862. The molecule has 206 valence electrons. The van der Waals surface area contributed by atoms with Crippen LogP contribution in [-0.2, 0) is 28.7 Å². The van der Waals surface area contributed by atoms with Gasteiger partial charge in [0.05, 0.1) is 24.5 Å². The van der Waals surface area contributed by atoms with Gasteiger partial charge in [-0.2, -0.15) is 0 Å². The number of aldehydes is 1. The summed E-state index contributed by atoms with van der Waals surface area (Å²) in [6, 6.07) is -0.553. The number of rotatable bonds is 15. The van der Waals surface area contributed by atoms with E-state index in [9.17, 15) is 19.2 Å². The normalized spacial score (nSPS) is 25.0. The van der Waals surface area contributed by atoms with Crippen molar-refractivity contribution in [3.05, 3.63) is 0 Å². The monoisotopic (exact) mass is 507 g/mol. The number of Topliss-reactive ketones (excluding diaryl/α,β-unsaturated/α-hetero) is 1. The highest BCUT2D eigenvalue weighted by Crippen LogP contribution is 2.65.